The number of nitrogens with one attached hydrogen (secondary N) is 2. The fraction of sp³-hybridized carbons (Fsp3) is 0.429. The summed E-state index contributed by atoms with van der Waals surface area (Å²) in [6.45, 7) is 2.58. The van der Waals surface area contributed by atoms with E-state index >= 15 is 0 Å². The molecule has 0 heterocycles. The predicted octanol–water partition coefficient (Wildman–Crippen LogP) is 1.32. The van der Waals surface area contributed by atoms with Gasteiger partial charge in [0.2, 0.25) is 5.91 Å². The molecule has 122 valence electrons. The van der Waals surface area contributed by atoms with Gasteiger partial charge in [0.1, 0.15) is 0 Å². The lowest BCUT2D eigenvalue weighted by Gasteiger charge is -2.23. The Morgan fingerprint density at radius 1 is 1.14 bits per heavy atom. The van der Waals surface area contributed by atoms with Crippen LogP contribution in [0.25, 0.3) is 0 Å². The molecular formula is C14H17F3N2O3. The molecule has 0 aliphatic carbocycles. The van der Waals surface area contributed by atoms with E-state index in [0.717, 1.165) is 24.3 Å². The average molecular weight is 318 g/mol. The third-order valence-electron chi connectivity index (χ3n) is 2.76. The van der Waals surface area contributed by atoms with Gasteiger partial charge in [-0.15, -0.1) is 0 Å². The molecule has 1 rings (SSSR count). The van der Waals surface area contributed by atoms with Crippen LogP contribution in [-0.4, -0.2) is 35.6 Å². The maximum Gasteiger partial charge on any atom is 0.416 e. The van der Waals surface area contributed by atoms with Crippen LogP contribution in [0.5, 0.6) is 0 Å². The van der Waals surface area contributed by atoms with Crippen LogP contribution in [0.1, 0.15) is 29.8 Å². The number of benzene rings is 1. The molecular weight excluding hydrogens is 301 g/mol. The summed E-state index contributed by atoms with van der Waals surface area (Å²) in [7, 11) is 0. The molecule has 0 aromatic heterocycles. The van der Waals surface area contributed by atoms with Gasteiger partial charge < -0.3 is 15.7 Å². The second kappa shape index (κ2) is 6.78. The maximum absolute atomic E-state index is 12.4. The van der Waals surface area contributed by atoms with Crippen molar-refractivity contribution in [3.05, 3.63) is 35.4 Å². The lowest BCUT2D eigenvalue weighted by Crippen LogP contribution is -2.49. The number of carbonyl (C=O) groups excluding carboxylic acids is 2. The quantitative estimate of drug-likeness (QED) is 0.766. The lowest BCUT2D eigenvalue weighted by molar-refractivity contribution is -0.137. The van der Waals surface area contributed by atoms with E-state index in [4.69, 9.17) is 5.11 Å². The SMILES string of the molecule is CC(C)(CO)NC(=O)CNC(=O)c1ccc(C(F)(F)F)cc1. The maximum atomic E-state index is 12.4. The minimum atomic E-state index is -4.47. The highest BCUT2D eigenvalue weighted by Gasteiger charge is 2.30. The standard InChI is InChI=1S/C14H17F3N2O3/c1-13(2,8-20)19-11(21)7-18-12(22)9-3-5-10(6-4-9)14(15,16)17/h3-6,20H,7-8H2,1-2H3,(H,18,22)(H,19,21). The van der Waals surface area contributed by atoms with Crippen molar-refractivity contribution in [1.29, 1.82) is 0 Å². The van der Waals surface area contributed by atoms with Crippen LogP contribution in [0.2, 0.25) is 0 Å². The van der Waals surface area contributed by atoms with Crippen molar-refractivity contribution in [1.82, 2.24) is 10.6 Å². The van der Waals surface area contributed by atoms with Gasteiger partial charge >= 0.3 is 6.18 Å². The van der Waals surface area contributed by atoms with Gasteiger partial charge in [-0.2, -0.15) is 13.2 Å². The van der Waals surface area contributed by atoms with Crippen molar-refractivity contribution in [2.75, 3.05) is 13.2 Å². The van der Waals surface area contributed by atoms with Gasteiger partial charge in [0.25, 0.3) is 5.91 Å². The number of carbonyl (C=O) groups is 2. The Morgan fingerprint density at radius 3 is 2.14 bits per heavy atom. The van der Waals surface area contributed by atoms with Crippen molar-refractivity contribution >= 4 is 11.8 Å². The third kappa shape index (κ3) is 5.36. The molecule has 0 radical (unpaired) electrons. The van der Waals surface area contributed by atoms with E-state index in [9.17, 15) is 22.8 Å². The molecule has 1 aromatic rings. The van der Waals surface area contributed by atoms with Crippen LogP contribution in [0, 0.1) is 0 Å². The molecule has 0 saturated heterocycles. The molecule has 0 bridgehead atoms. The molecule has 0 spiro atoms. The summed E-state index contributed by atoms with van der Waals surface area (Å²) < 4.78 is 37.2. The van der Waals surface area contributed by atoms with E-state index in [1.165, 1.54) is 0 Å². The summed E-state index contributed by atoms with van der Waals surface area (Å²) >= 11 is 0. The fourth-order valence-corrected chi connectivity index (χ4v) is 1.53. The van der Waals surface area contributed by atoms with Crippen LogP contribution < -0.4 is 10.6 Å². The Balaban J connectivity index is 2.58. The Hall–Kier alpha value is -2.09. The van der Waals surface area contributed by atoms with Crippen LogP contribution >= 0.6 is 0 Å². The topological polar surface area (TPSA) is 78.4 Å². The largest absolute Gasteiger partial charge is 0.416 e. The fourth-order valence-electron chi connectivity index (χ4n) is 1.53. The highest BCUT2D eigenvalue weighted by Crippen LogP contribution is 2.28. The van der Waals surface area contributed by atoms with Gasteiger partial charge in [-0.3, -0.25) is 9.59 Å². The smallest absolute Gasteiger partial charge is 0.394 e. The molecule has 5 nitrogen and oxygen atoms in total. The van der Waals surface area contributed by atoms with E-state index in [-0.39, 0.29) is 18.7 Å². The lowest BCUT2D eigenvalue weighted by atomic mass is 10.1. The first-order valence-electron chi connectivity index (χ1n) is 6.42. The minimum absolute atomic E-state index is 0.0159. The van der Waals surface area contributed by atoms with Crippen LogP contribution in [0.4, 0.5) is 13.2 Å². The molecule has 1 aromatic carbocycles. The number of rotatable bonds is 5. The van der Waals surface area contributed by atoms with Gasteiger partial charge in [0.05, 0.1) is 24.3 Å². The van der Waals surface area contributed by atoms with Crippen LogP contribution in [0.15, 0.2) is 24.3 Å². The molecule has 0 aliphatic rings. The Labute approximate surface area is 125 Å². The van der Waals surface area contributed by atoms with E-state index < -0.39 is 29.1 Å². The van der Waals surface area contributed by atoms with Gasteiger partial charge in [-0.25, -0.2) is 0 Å². The van der Waals surface area contributed by atoms with Gasteiger partial charge in [0, 0.05) is 5.56 Å². The highest BCUT2D eigenvalue weighted by molar-refractivity contribution is 5.96. The van der Waals surface area contributed by atoms with Crippen molar-refractivity contribution < 1.29 is 27.9 Å². The average Bonchev–Trinajstić information content (AvgIpc) is 2.43. The first kappa shape index (κ1) is 18.0. The van der Waals surface area contributed by atoms with Crippen molar-refractivity contribution in [2.24, 2.45) is 0 Å². The van der Waals surface area contributed by atoms with E-state index in [2.05, 4.69) is 10.6 Å². The summed E-state index contributed by atoms with van der Waals surface area (Å²) in [4.78, 5) is 23.3. The molecule has 0 atom stereocenters. The van der Waals surface area contributed by atoms with Crippen molar-refractivity contribution in [3.63, 3.8) is 0 Å². The zero-order valence-corrected chi connectivity index (χ0v) is 12.1. The highest BCUT2D eigenvalue weighted by atomic mass is 19.4. The van der Waals surface area contributed by atoms with Gasteiger partial charge in [0.15, 0.2) is 0 Å². The molecule has 0 aliphatic heterocycles. The number of halogens is 3. The number of aliphatic hydroxyl groups is 1. The second-order valence-electron chi connectivity index (χ2n) is 5.35. The summed E-state index contributed by atoms with van der Waals surface area (Å²) in [5.41, 5.74) is -1.66. The number of alkyl halides is 3. The molecule has 0 fully saturated rings. The van der Waals surface area contributed by atoms with Gasteiger partial charge in [-0.05, 0) is 38.1 Å². The number of amides is 2. The molecule has 2 amide bonds. The first-order valence-corrected chi connectivity index (χ1v) is 6.42. The Kier molecular flexibility index (Phi) is 5.54. The third-order valence-corrected chi connectivity index (χ3v) is 2.76. The van der Waals surface area contributed by atoms with Crippen molar-refractivity contribution in [2.45, 2.75) is 25.6 Å². The molecule has 22 heavy (non-hydrogen) atoms. The predicted molar refractivity (Wildman–Crippen MR) is 73.1 cm³/mol. The normalized spacial score (nSPS) is 11.9. The van der Waals surface area contributed by atoms with E-state index in [1.807, 2.05) is 0 Å². The molecule has 0 saturated carbocycles. The van der Waals surface area contributed by atoms with Crippen LogP contribution in [0.3, 0.4) is 0 Å². The number of aliphatic hydroxyl groups excluding tert-OH is 1. The number of hydrogen-bond acceptors (Lipinski definition) is 3. The monoisotopic (exact) mass is 318 g/mol. The van der Waals surface area contributed by atoms with E-state index in [1.54, 1.807) is 13.8 Å². The summed E-state index contributed by atoms with van der Waals surface area (Å²) in [6, 6.07) is 3.66. The van der Waals surface area contributed by atoms with Gasteiger partial charge in [-0.1, -0.05) is 0 Å². The Morgan fingerprint density at radius 2 is 1.68 bits per heavy atom. The Bertz CT molecular complexity index is 539. The summed E-state index contributed by atoms with van der Waals surface area (Å²) in [6.07, 6.45) is -4.47. The molecule has 3 N–H and O–H groups in total. The number of hydrogen-bond donors (Lipinski definition) is 3. The second-order valence-corrected chi connectivity index (χ2v) is 5.35. The minimum Gasteiger partial charge on any atom is -0.394 e. The summed E-state index contributed by atoms with van der Waals surface area (Å²) in [5.74, 6) is -1.18. The zero-order chi connectivity index (χ0) is 17.0. The molecule has 8 heteroatoms. The molecule has 0 unspecified atom stereocenters. The van der Waals surface area contributed by atoms with Crippen molar-refractivity contribution in [3.8, 4) is 0 Å². The first-order chi connectivity index (χ1) is 10.0. The zero-order valence-electron chi connectivity index (χ0n) is 12.1. The van der Waals surface area contributed by atoms with E-state index in [0.29, 0.717) is 0 Å². The van der Waals surface area contributed by atoms with Crippen LogP contribution in [-0.2, 0) is 11.0 Å². The summed E-state index contributed by atoms with van der Waals surface area (Å²) in [5, 5.41) is 13.8.